The van der Waals surface area contributed by atoms with Gasteiger partial charge in [-0.25, -0.2) is 9.97 Å². The number of rotatable bonds is 3. The average molecular weight is 385 g/mol. The maximum Gasteiger partial charge on any atom is 0.416 e. The van der Waals surface area contributed by atoms with Gasteiger partial charge in [-0.2, -0.15) is 13.2 Å². The van der Waals surface area contributed by atoms with Crippen LogP contribution in [0.2, 0.25) is 0 Å². The van der Waals surface area contributed by atoms with Crippen molar-refractivity contribution in [2.24, 2.45) is 0 Å². The molecule has 0 spiro atoms. The van der Waals surface area contributed by atoms with Crippen molar-refractivity contribution in [1.82, 2.24) is 9.97 Å². The fraction of sp³-hybridized carbons (Fsp3) is 0.190. The van der Waals surface area contributed by atoms with Gasteiger partial charge in [0.1, 0.15) is 0 Å². The largest absolute Gasteiger partial charge is 0.416 e. The van der Waals surface area contributed by atoms with E-state index < -0.39 is 11.7 Å². The fourth-order valence-corrected chi connectivity index (χ4v) is 2.65. The maximum absolute atomic E-state index is 12.7. The molecule has 1 amide bonds. The second-order valence-corrected chi connectivity index (χ2v) is 6.52. The maximum atomic E-state index is 12.7. The number of halogens is 3. The lowest BCUT2D eigenvalue weighted by atomic mass is 10.1. The number of carbonyl (C=O) groups excluding carboxylic acids is 1. The summed E-state index contributed by atoms with van der Waals surface area (Å²) in [4.78, 5) is 20.9. The van der Waals surface area contributed by atoms with E-state index in [9.17, 15) is 18.0 Å². The summed E-state index contributed by atoms with van der Waals surface area (Å²) in [6.45, 7) is 5.60. The number of amides is 1. The molecule has 0 saturated heterocycles. The molecular weight excluding hydrogens is 367 g/mol. The number of carbonyl (C=O) groups is 1. The summed E-state index contributed by atoms with van der Waals surface area (Å²) < 4.78 is 38.0. The fourth-order valence-electron chi connectivity index (χ4n) is 2.65. The molecule has 4 nitrogen and oxygen atoms in total. The van der Waals surface area contributed by atoms with Crippen LogP contribution in [0.4, 0.5) is 18.9 Å². The number of aromatic nitrogens is 2. The molecule has 0 radical (unpaired) electrons. The van der Waals surface area contributed by atoms with Gasteiger partial charge in [0.2, 0.25) is 0 Å². The zero-order valence-electron chi connectivity index (χ0n) is 15.6. The highest BCUT2D eigenvalue weighted by atomic mass is 19.4. The molecule has 3 rings (SSSR count). The van der Waals surface area contributed by atoms with Gasteiger partial charge < -0.3 is 5.32 Å². The summed E-state index contributed by atoms with van der Waals surface area (Å²) >= 11 is 0. The quantitative estimate of drug-likeness (QED) is 0.662. The molecule has 0 bridgehead atoms. The van der Waals surface area contributed by atoms with E-state index in [1.54, 1.807) is 6.92 Å². The van der Waals surface area contributed by atoms with Gasteiger partial charge >= 0.3 is 6.18 Å². The molecule has 28 heavy (non-hydrogen) atoms. The Hall–Kier alpha value is -3.22. The van der Waals surface area contributed by atoms with Gasteiger partial charge in [0.15, 0.2) is 5.82 Å². The molecule has 1 aromatic heterocycles. The molecule has 2 aromatic carbocycles. The Morgan fingerprint density at radius 3 is 2.21 bits per heavy atom. The van der Waals surface area contributed by atoms with Gasteiger partial charge in [0.25, 0.3) is 5.91 Å². The van der Waals surface area contributed by atoms with Crippen LogP contribution in [0.25, 0.3) is 11.4 Å². The number of aryl methyl sites for hydroxylation is 3. The molecule has 0 fully saturated rings. The lowest BCUT2D eigenvalue weighted by molar-refractivity contribution is -0.137. The highest BCUT2D eigenvalue weighted by molar-refractivity contribution is 6.04. The third-order valence-electron chi connectivity index (χ3n) is 4.46. The molecule has 0 aliphatic rings. The number of benzene rings is 2. The second-order valence-electron chi connectivity index (χ2n) is 6.52. The Kier molecular flexibility index (Phi) is 5.18. The van der Waals surface area contributed by atoms with Crippen molar-refractivity contribution >= 4 is 11.6 Å². The number of nitrogens with zero attached hydrogens (tertiary/aromatic N) is 2. The van der Waals surface area contributed by atoms with Crippen molar-refractivity contribution in [2.45, 2.75) is 26.9 Å². The first-order valence-corrected chi connectivity index (χ1v) is 8.55. The van der Waals surface area contributed by atoms with Crippen LogP contribution >= 0.6 is 0 Å². The van der Waals surface area contributed by atoms with E-state index in [1.165, 1.54) is 18.3 Å². The van der Waals surface area contributed by atoms with Gasteiger partial charge in [-0.1, -0.05) is 18.2 Å². The molecule has 0 atom stereocenters. The number of hydrogen-bond acceptors (Lipinski definition) is 3. The Morgan fingerprint density at radius 2 is 1.64 bits per heavy atom. The highest BCUT2D eigenvalue weighted by Crippen LogP contribution is 2.30. The van der Waals surface area contributed by atoms with Crippen LogP contribution in [0, 0.1) is 20.8 Å². The molecule has 1 N–H and O–H groups in total. The number of alkyl halides is 3. The molecule has 144 valence electrons. The van der Waals surface area contributed by atoms with E-state index in [1.807, 2.05) is 32.0 Å². The molecule has 0 saturated carbocycles. The van der Waals surface area contributed by atoms with Gasteiger partial charge in [-0.15, -0.1) is 0 Å². The number of hydrogen-bond donors (Lipinski definition) is 1. The van der Waals surface area contributed by atoms with Crippen molar-refractivity contribution in [3.63, 3.8) is 0 Å². The van der Waals surface area contributed by atoms with Crippen LogP contribution in [0.3, 0.4) is 0 Å². The lowest BCUT2D eigenvalue weighted by Gasteiger charge is -2.10. The van der Waals surface area contributed by atoms with E-state index in [2.05, 4.69) is 15.3 Å². The average Bonchev–Trinajstić information content (AvgIpc) is 2.64. The van der Waals surface area contributed by atoms with Gasteiger partial charge in [0, 0.05) is 17.4 Å². The lowest BCUT2D eigenvalue weighted by Crippen LogP contribution is -2.15. The van der Waals surface area contributed by atoms with Gasteiger partial charge in [-0.05, 0) is 56.2 Å². The van der Waals surface area contributed by atoms with Crippen LogP contribution in [0.1, 0.15) is 32.7 Å². The minimum absolute atomic E-state index is 0.258. The van der Waals surface area contributed by atoms with Crippen LogP contribution in [0.5, 0.6) is 0 Å². The second kappa shape index (κ2) is 7.42. The van der Waals surface area contributed by atoms with Crippen LogP contribution in [-0.4, -0.2) is 15.9 Å². The molecule has 3 aromatic rings. The first kappa shape index (κ1) is 19.5. The van der Waals surface area contributed by atoms with E-state index in [0.717, 1.165) is 23.3 Å². The summed E-state index contributed by atoms with van der Waals surface area (Å²) in [5.41, 5.74) is 3.29. The Morgan fingerprint density at radius 1 is 0.964 bits per heavy atom. The Balaban J connectivity index is 1.81. The van der Waals surface area contributed by atoms with Crippen LogP contribution in [-0.2, 0) is 6.18 Å². The van der Waals surface area contributed by atoms with Crippen LogP contribution < -0.4 is 5.32 Å². The summed E-state index contributed by atoms with van der Waals surface area (Å²) in [6, 6.07) is 10.2. The third-order valence-corrected chi connectivity index (χ3v) is 4.46. The standard InChI is InChI=1S/C21H18F3N3O/c1-12-4-9-17(10-13(12)2)27-20(28)18-11-25-19(26-14(18)3)15-5-7-16(8-6-15)21(22,23)24/h4-11H,1-3H3,(H,27,28). The topological polar surface area (TPSA) is 54.9 Å². The highest BCUT2D eigenvalue weighted by Gasteiger charge is 2.30. The molecule has 7 heteroatoms. The Labute approximate surface area is 160 Å². The van der Waals surface area contributed by atoms with Crippen molar-refractivity contribution in [2.75, 3.05) is 5.32 Å². The van der Waals surface area contributed by atoms with E-state index in [-0.39, 0.29) is 11.7 Å². The molecule has 0 aliphatic heterocycles. The normalized spacial score (nSPS) is 11.4. The minimum atomic E-state index is -4.40. The summed E-state index contributed by atoms with van der Waals surface area (Å²) in [5, 5.41) is 2.81. The number of anilines is 1. The zero-order chi connectivity index (χ0) is 20.5. The SMILES string of the molecule is Cc1ccc(NC(=O)c2cnc(-c3ccc(C(F)(F)F)cc3)nc2C)cc1C. The molecule has 1 heterocycles. The summed E-state index contributed by atoms with van der Waals surface area (Å²) in [5.74, 6) is -0.0892. The van der Waals surface area contributed by atoms with Crippen molar-refractivity contribution < 1.29 is 18.0 Å². The summed E-state index contributed by atoms with van der Waals surface area (Å²) in [7, 11) is 0. The predicted octanol–water partition coefficient (Wildman–Crippen LogP) is 5.34. The zero-order valence-corrected chi connectivity index (χ0v) is 15.6. The third kappa shape index (κ3) is 4.19. The van der Waals surface area contributed by atoms with Gasteiger partial charge in [0.05, 0.1) is 16.8 Å². The first-order valence-electron chi connectivity index (χ1n) is 8.55. The van der Waals surface area contributed by atoms with Crippen molar-refractivity contribution in [3.8, 4) is 11.4 Å². The molecule has 0 unspecified atom stereocenters. The van der Waals surface area contributed by atoms with E-state index >= 15 is 0 Å². The van der Waals surface area contributed by atoms with E-state index in [4.69, 9.17) is 0 Å². The monoisotopic (exact) mass is 385 g/mol. The van der Waals surface area contributed by atoms with Crippen molar-refractivity contribution in [3.05, 3.63) is 76.6 Å². The molecular formula is C21H18F3N3O. The summed E-state index contributed by atoms with van der Waals surface area (Å²) in [6.07, 6.45) is -3.02. The van der Waals surface area contributed by atoms with Crippen LogP contribution in [0.15, 0.2) is 48.7 Å². The molecule has 0 aliphatic carbocycles. The minimum Gasteiger partial charge on any atom is -0.322 e. The van der Waals surface area contributed by atoms with Gasteiger partial charge in [-0.3, -0.25) is 4.79 Å². The number of nitrogens with one attached hydrogen (secondary N) is 1. The van der Waals surface area contributed by atoms with E-state index in [0.29, 0.717) is 22.5 Å². The predicted molar refractivity (Wildman–Crippen MR) is 101 cm³/mol. The smallest absolute Gasteiger partial charge is 0.322 e. The first-order chi connectivity index (χ1) is 13.1. The van der Waals surface area contributed by atoms with Crippen molar-refractivity contribution in [1.29, 1.82) is 0 Å². The Bertz CT molecular complexity index is 1030.